The molecule has 0 radical (unpaired) electrons. The molecule has 0 saturated heterocycles. The molecule has 0 aromatic rings. The summed E-state index contributed by atoms with van der Waals surface area (Å²) in [5.41, 5.74) is 0.351. The maximum atomic E-state index is 5.29. The summed E-state index contributed by atoms with van der Waals surface area (Å²) in [5, 5.41) is 7.40. The standard InChI is InChI=1S/C13H28N2S/c1-10(2)8-14-11(16)15-13(6,7)9-12(3,4)5/h10H,8-9H2,1-7H3,(H2,14,15,16). The molecular formula is C13H28N2S. The Kier molecular flexibility index (Phi) is 5.74. The summed E-state index contributed by atoms with van der Waals surface area (Å²) in [7, 11) is 0. The molecule has 2 N–H and O–H groups in total. The van der Waals surface area contributed by atoms with Crippen molar-refractivity contribution < 1.29 is 0 Å². The van der Waals surface area contributed by atoms with Gasteiger partial charge in [0.25, 0.3) is 0 Å². The van der Waals surface area contributed by atoms with E-state index in [0.29, 0.717) is 11.3 Å². The first kappa shape index (κ1) is 15.7. The van der Waals surface area contributed by atoms with Gasteiger partial charge in [0.05, 0.1) is 0 Å². The average Bonchev–Trinajstić information content (AvgIpc) is 1.94. The van der Waals surface area contributed by atoms with Crippen LogP contribution < -0.4 is 10.6 Å². The maximum Gasteiger partial charge on any atom is 0.166 e. The zero-order valence-electron chi connectivity index (χ0n) is 11.9. The van der Waals surface area contributed by atoms with Crippen molar-refractivity contribution in [3.63, 3.8) is 0 Å². The molecule has 0 atom stereocenters. The van der Waals surface area contributed by atoms with E-state index in [1.54, 1.807) is 0 Å². The predicted octanol–water partition coefficient (Wildman–Crippen LogP) is 3.32. The second kappa shape index (κ2) is 5.85. The first-order chi connectivity index (χ1) is 7.02. The molecule has 96 valence electrons. The Balaban J connectivity index is 4.10. The largest absolute Gasteiger partial charge is 0.362 e. The van der Waals surface area contributed by atoms with E-state index in [1.807, 2.05) is 0 Å². The number of thiocarbonyl (C=S) groups is 1. The Hall–Kier alpha value is -0.310. The molecule has 0 saturated carbocycles. The number of rotatable bonds is 4. The summed E-state index contributed by atoms with van der Waals surface area (Å²) in [6.45, 7) is 16.4. The molecule has 2 nitrogen and oxygen atoms in total. The van der Waals surface area contributed by atoms with Crippen molar-refractivity contribution in [1.82, 2.24) is 10.6 Å². The van der Waals surface area contributed by atoms with Crippen molar-refractivity contribution in [2.24, 2.45) is 11.3 Å². The fourth-order valence-corrected chi connectivity index (χ4v) is 2.38. The monoisotopic (exact) mass is 244 g/mol. The summed E-state index contributed by atoms with van der Waals surface area (Å²) < 4.78 is 0. The Labute approximate surface area is 107 Å². The van der Waals surface area contributed by atoms with Crippen LogP contribution in [-0.4, -0.2) is 17.2 Å². The second-order valence-electron chi connectivity index (χ2n) is 6.85. The highest BCUT2D eigenvalue weighted by Crippen LogP contribution is 2.26. The van der Waals surface area contributed by atoms with Gasteiger partial charge in [-0.25, -0.2) is 0 Å². The third-order valence-electron chi connectivity index (χ3n) is 2.10. The van der Waals surface area contributed by atoms with Crippen LogP contribution in [0.4, 0.5) is 0 Å². The van der Waals surface area contributed by atoms with Crippen molar-refractivity contribution in [1.29, 1.82) is 0 Å². The maximum absolute atomic E-state index is 5.29. The molecule has 0 aliphatic rings. The Morgan fingerprint density at radius 1 is 1.12 bits per heavy atom. The highest BCUT2D eigenvalue weighted by Gasteiger charge is 2.25. The van der Waals surface area contributed by atoms with Crippen LogP contribution in [0.25, 0.3) is 0 Å². The molecule has 0 fully saturated rings. The van der Waals surface area contributed by atoms with Gasteiger partial charge >= 0.3 is 0 Å². The number of nitrogens with one attached hydrogen (secondary N) is 2. The molecule has 3 heteroatoms. The fraction of sp³-hybridized carbons (Fsp3) is 0.923. The van der Waals surface area contributed by atoms with Crippen LogP contribution in [0.15, 0.2) is 0 Å². The molecule has 0 aromatic carbocycles. The molecule has 0 amide bonds. The van der Waals surface area contributed by atoms with Gasteiger partial charge < -0.3 is 10.6 Å². The Morgan fingerprint density at radius 2 is 1.62 bits per heavy atom. The molecule has 0 rings (SSSR count). The van der Waals surface area contributed by atoms with Gasteiger partial charge in [-0.2, -0.15) is 0 Å². The summed E-state index contributed by atoms with van der Waals surface area (Å²) in [6.07, 6.45) is 1.09. The lowest BCUT2D eigenvalue weighted by Gasteiger charge is -2.34. The van der Waals surface area contributed by atoms with E-state index < -0.39 is 0 Å². The van der Waals surface area contributed by atoms with E-state index in [1.165, 1.54) is 0 Å². The molecule has 0 aliphatic carbocycles. The average molecular weight is 244 g/mol. The molecule has 0 aliphatic heterocycles. The van der Waals surface area contributed by atoms with Crippen LogP contribution in [0.3, 0.4) is 0 Å². The zero-order valence-corrected chi connectivity index (χ0v) is 12.7. The van der Waals surface area contributed by atoms with Crippen molar-refractivity contribution in [2.75, 3.05) is 6.54 Å². The SMILES string of the molecule is CC(C)CNC(=S)NC(C)(C)CC(C)(C)C. The van der Waals surface area contributed by atoms with E-state index in [4.69, 9.17) is 12.2 Å². The van der Waals surface area contributed by atoms with Gasteiger partial charge in [0.1, 0.15) is 0 Å². The summed E-state index contributed by atoms with van der Waals surface area (Å²) in [6, 6.07) is 0. The molecule has 0 heterocycles. The van der Waals surface area contributed by atoms with Gasteiger partial charge in [-0.15, -0.1) is 0 Å². The van der Waals surface area contributed by atoms with Gasteiger partial charge in [0, 0.05) is 12.1 Å². The summed E-state index contributed by atoms with van der Waals surface area (Å²) in [4.78, 5) is 0. The van der Waals surface area contributed by atoms with Gasteiger partial charge in [0.2, 0.25) is 0 Å². The smallest absolute Gasteiger partial charge is 0.166 e. The summed E-state index contributed by atoms with van der Waals surface area (Å²) >= 11 is 5.29. The molecule has 0 unspecified atom stereocenters. The molecular weight excluding hydrogens is 216 g/mol. The number of hydrogen-bond acceptors (Lipinski definition) is 1. The van der Waals surface area contributed by atoms with E-state index in [-0.39, 0.29) is 5.54 Å². The van der Waals surface area contributed by atoms with Crippen LogP contribution in [0.1, 0.15) is 54.9 Å². The lowest BCUT2D eigenvalue weighted by atomic mass is 9.82. The quantitative estimate of drug-likeness (QED) is 0.742. The van der Waals surface area contributed by atoms with Gasteiger partial charge in [0.15, 0.2) is 5.11 Å². The predicted molar refractivity (Wildman–Crippen MR) is 76.7 cm³/mol. The highest BCUT2D eigenvalue weighted by atomic mass is 32.1. The van der Waals surface area contributed by atoms with E-state index >= 15 is 0 Å². The van der Waals surface area contributed by atoms with Crippen LogP contribution in [-0.2, 0) is 0 Å². The minimum atomic E-state index is 0.0410. The van der Waals surface area contributed by atoms with Crippen molar-refractivity contribution in [3.8, 4) is 0 Å². The topological polar surface area (TPSA) is 24.1 Å². The Bertz CT molecular complexity index is 227. The van der Waals surface area contributed by atoms with Crippen LogP contribution in [0.5, 0.6) is 0 Å². The Morgan fingerprint density at radius 3 is 2.00 bits per heavy atom. The van der Waals surface area contributed by atoms with Crippen LogP contribution in [0.2, 0.25) is 0 Å². The highest BCUT2D eigenvalue weighted by molar-refractivity contribution is 7.80. The second-order valence-corrected chi connectivity index (χ2v) is 7.26. The fourth-order valence-electron chi connectivity index (χ4n) is 2.02. The van der Waals surface area contributed by atoms with Gasteiger partial charge in [-0.1, -0.05) is 34.6 Å². The summed E-state index contributed by atoms with van der Waals surface area (Å²) in [5.74, 6) is 0.616. The zero-order chi connectivity index (χ0) is 13.0. The number of hydrogen-bond donors (Lipinski definition) is 2. The minimum absolute atomic E-state index is 0.0410. The first-order valence-electron chi connectivity index (χ1n) is 6.08. The lowest BCUT2D eigenvalue weighted by Crippen LogP contribution is -2.50. The van der Waals surface area contributed by atoms with E-state index in [0.717, 1.165) is 18.1 Å². The van der Waals surface area contributed by atoms with E-state index in [9.17, 15) is 0 Å². The minimum Gasteiger partial charge on any atom is -0.362 e. The van der Waals surface area contributed by atoms with Crippen molar-refractivity contribution in [3.05, 3.63) is 0 Å². The molecule has 0 spiro atoms. The first-order valence-corrected chi connectivity index (χ1v) is 6.49. The van der Waals surface area contributed by atoms with Gasteiger partial charge in [-0.05, 0) is 43.8 Å². The van der Waals surface area contributed by atoms with Crippen molar-refractivity contribution in [2.45, 2.75) is 60.4 Å². The van der Waals surface area contributed by atoms with Crippen molar-refractivity contribution >= 4 is 17.3 Å². The van der Waals surface area contributed by atoms with Crippen LogP contribution in [0, 0.1) is 11.3 Å². The van der Waals surface area contributed by atoms with E-state index in [2.05, 4.69) is 59.1 Å². The third kappa shape index (κ3) is 8.96. The van der Waals surface area contributed by atoms with Gasteiger partial charge in [-0.3, -0.25) is 0 Å². The lowest BCUT2D eigenvalue weighted by molar-refractivity contribution is 0.266. The molecule has 0 aromatic heterocycles. The molecule has 16 heavy (non-hydrogen) atoms. The van der Waals surface area contributed by atoms with Crippen LogP contribution >= 0.6 is 12.2 Å². The molecule has 0 bridgehead atoms. The third-order valence-corrected chi connectivity index (χ3v) is 2.34. The normalized spacial score (nSPS) is 12.8.